The summed E-state index contributed by atoms with van der Waals surface area (Å²) < 4.78 is 0. The normalized spacial score (nSPS) is 18.2. The molecule has 0 spiro atoms. The largest absolute Gasteiger partial charge is 0.397 e. The standard InChI is InChI=1S/C5H10N2O.C2H6O/c1-6-3-5(8)7(2)4-6;1-2-3/h3-4H2,1-2H3;3H,2H2,1H3. The van der Waals surface area contributed by atoms with Crippen LogP contribution in [0.15, 0.2) is 0 Å². The van der Waals surface area contributed by atoms with E-state index >= 15 is 0 Å². The molecule has 0 aromatic carbocycles. The Morgan fingerprint density at radius 1 is 1.55 bits per heavy atom. The minimum Gasteiger partial charge on any atom is -0.397 e. The summed E-state index contributed by atoms with van der Waals surface area (Å²) in [6, 6.07) is 0. The van der Waals surface area contributed by atoms with E-state index in [0.29, 0.717) is 6.54 Å². The molecule has 4 heteroatoms. The second-order valence-corrected chi connectivity index (χ2v) is 2.56. The van der Waals surface area contributed by atoms with Crippen molar-refractivity contribution in [2.24, 2.45) is 0 Å². The van der Waals surface area contributed by atoms with Crippen LogP contribution >= 0.6 is 0 Å². The lowest BCUT2D eigenvalue weighted by Crippen LogP contribution is -2.20. The molecule has 0 unspecified atom stereocenters. The van der Waals surface area contributed by atoms with Gasteiger partial charge in [-0.15, -0.1) is 0 Å². The minimum absolute atomic E-state index is 0.215. The summed E-state index contributed by atoms with van der Waals surface area (Å²) in [5.41, 5.74) is 0. The smallest absolute Gasteiger partial charge is 0.237 e. The van der Waals surface area contributed by atoms with Gasteiger partial charge in [0, 0.05) is 13.7 Å². The first kappa shape index (κ1) is 10.4. The minimum atomic E-state index is 0.215. The molecule has 1 aliphatic heterocycles. The number of likely N-dealkylation sites (N-methyl/N-ethyl adjacent to an activating group) is 2. The number of nitrogens with zero attached hydrogens (tertiary/aromatic N) is 2. The number of rotatable bonds is 0. The fourth-order valence-corrected chi connectivity index (χ4v) is 0.843. The van der Waals surface area contributed by atoms with Crippen LogP contribution in [0.1, 0.15) is 6.92 Å². The molecular formula is C7H16N2O2. The van der Waals surface area contributed by atoms with Crippen LogP contribution in [-0.4, -0.2) is 54.7 Å². The number of aliphatic hydroxyl groups is 1. The Kier molecular flexibility index (Phi) is 4.81. The van der Waals surface area contributed by atoms with Gasteiger partial charge in [-0.1, -0.05) is 0 Å². The van der Waals surface area contributed by atoms with Crippen LogP contribution in [0, 0.1) is 0 Å². The lowest BCUT2D eigenvalue weighted by molar-refractivity contribution is -0.125. The van der Waals surface area contributed by atoms with Crippen molar-refractivity contribution in [2.75, 3.05) is 33.9 Å². The Bertz CT molecular complexity index is 128. The summed E-state index contributed by atoms with van der Waals surface area (Å²) in [6.45, 7) is 3.29. The molecule has 0 radical (unpaired) electrons. The second-order valence-electron chi connectivity index (χ2n) is 2.56. The van der Waals surface area contributed by atoms with Crippen LogP contribution in [0.25, 0.3) is 0 Å². The van der Waals surface area contributed by atoms with Crippen molar-refractivity contribution in [3.63, 3.8) is 0 Å². The maximum Gasteiger partial charge on any atom is 0.237 e. The molecule has 11 heavy (non-hydrogen) atoms. The second kappa shape index (κ2) is 5.09. The third-order valence-electron chi connectivity index (χ3n) is 1.28. The van der Waals surface area contributed by atoms with Gasteiger partial charge in [-0.05, 0) is 14.0 Å². The van der Waals surface area contributed by atoms with Crippen molar-refractivity contribution < 1.29 is 9.90 Å². The first-order valence-electron chi connectivity index (χ1n) is 3.65. The van der Waals surface area contributed by atoms with Gasteiger partial charge in [-0.2, -0.15) is 0 Å². The molecule has 0 bridgehead atoms. The van der Waals surface area contributed by atoms with Gasteiger partial charge in [0.05, 0.1) is 13.2 Å². The van der Waals surface area contributed by atoms with E-state index in [0.717, 1.165) is 6.67 Å². The van der Waals surface area contributed by atoms with Gasteiger partial charge in [0.1, 0.15) is 0 Å². The molecule has 1 heterocycles. The predicted octanol–water partition coefficient (Wildman–Crippen LogP) is -0.654. The molecule has 1 amide bonds. The molecule has 1 N–H and O–H groups in total. The van der Waals surface area contributed by atoms with Crippen LogP contribution in [0.2, 0.25) is 0 Å². The molecule has 1 saturated heterocycles. The van der Waals surface area contributed by atoms with Crippen LogP contribution in [0.4, 0.5) is 0 Å². The number of carbonyl (C=O) groups excluding carboxylic acids is 1. The van der Waals surface area contributed by atoms with Crippen molar-refractivity contribution in [3.05, 3.63) is 0 Å². The van der Waals surface area contributed by atoms with Crippen molar-refractivity contribution in [1.82, 2.24) is 9.80 Å². The molecule has 0 aromatic rings. The predicted molar refractivity (Wildman–Crippen MR) is 43.0 cm³/mol. The lowest BCUT2D eigenvalue weighted by atomic mass is 10.6. The SMILES string of the molecule is CCO.CN1CC(=O)N(C)C1. The Morgan fingerprint density at radius 3 is 2.09 bits per heavy atom. The first-order valence-corrected chi connectivity index (χ1v) is 3.65. The maximum absolute atomic E-state index is 10.7. The van der Waals surface area contributed by atoms with Crippen LogP contribution in [0.3, 0.4) is 0 Å². The Morgan fingerprint density at radius 2 is 2.00 bits per heavy atom. The van der Waals surface area contributed by atoms with E-state index in [9.17, 15) is 4.79 Å². The third kappa shape index (κ3) is 3.95. The molecule has 0 aliphatic carbocycles. The summed E-state index contributed by atoms with van der Waals surface area (Å²) in [5, 5.41) is 7.57. The molecule has 66 valence electrons. The van der Waals surface area contributed by atoms with E-state index in [1.54, 1.807) is 11.8 Å². The highest BCUT2D eigenvalue weighted by Crippen LogP contribution is 1.98. The lowest BCUT2D eigenvalue weighted by Gasteiger charge is -2.06. The van der Waals surface area contributed by atoms with Gasteiger partial charge in [-0.25, -0.2) is 0 Å². The molecule has 1 fully saturated rings. The van der Waals surface area contributed by atoms with Gasteiger partial charge in [-0.3, -0.25) is 9.69 Å². The zero-order valence-electron chi connectivity index (χ0n) is 7.37. The van der Waals surface area contributed by atoms with E-state index in [2.05, 4.69) is 0 Å². The highest BCUT2D eigenvalue weighted by Gasteiger charge is 2.19. The topological polar surface area (TPSA) is 43.8 Å². The van der Waals surface area contributed by atoms with E-state index in [1.165, 1.54) is 0 Å². The van der Waals surface area contributed by atoms with Gasteiger partial charge in [0.2, 0.25) is 5.91 Å². The molecule has 0 aromatic heterocycles. The number of carbonyl (C=O) groups is 1. The molecule has 0 atom stereocenters. The van der Waals surface area contributed by atoms with Gasteiger partial charge in [0.25, 0.3) is 0 Å². The molecule has 0 saturated carbocycles. The Labute approximate surface area is 67.4 Å². The van der Waals surface area contributed by atoms with Crippen LogP contribution in [0.5, 0.6) is 0 Å². The molecular weight excluding hydrogens is 144 g/mol. The van der Waals surface area contributed by atoms with Gasteiger partial charge in [0.15, 0.2) is 0 Å². The first-order chi connectivity index (χ1) is 5.11. The summed E-state index contributed by atoms with van der Waals surface area (Å²) in [4.78, 5) is 14.4. The number of aliphatic hydroxyl groups excluding tert-OH is 1. The van der Waals surface area contributed by atoms with E-state index < -0.39 is 0 Å². The van der Waals surface area contributed by atoms with Crippen molar-refractivity contribution in [1.29, 1.82) is 0 Å². The summed E-state index contributed by atoms with van der Waals surface area (Å²) in [7, 11) is 3.74. The average Bonchev–Trinajstić information content (AvgIpc) is 2.12. The zero-order valence-corrected chi connectivity index (χ0v) is 7.37. The van der Waals surface area contributed by atoms with Gasteiger partial charge < -0.3 is 10.0 Å². The summed E-state index contributed by atoms with van der Waals surface area (Å²) in [6.07, 6.45) is 0. The van der Waals surface area contributed by atoms with Crippen molar-refractivity contribution in [3.8, 4) is 0 Å². The average molecular weight is 160 g/mol. The summed E-state index contributed by atoms with van der Waals surface area (Å²) in [5.74, 6) is 0.215. The van der Waals surface area contributed by atoms with Crippen LogP contribution < -0.4 is 0 Å². The Balaban J connectivity index is 0.000000292. The fraction of sp³-hybridized carbons (Fsp3) is 0.857. The highest BCUT2D eigenvalue weighted by atomic mass is 16.2. The highest BCUT2D eigenvalue weighted by molar-refractivity contribution is 5.79. The molecule has 1 rings (SSSR count). The number of hydrogen-bond donors (Lipinski definition) is 1. The zero-order chi connectivity index (χ0) is 8.85. The quantitative estimate of drug-likeness (QED) is 0.512. The summed E-state index contributed by atoms with van der Waals surface area (Å²) >= 11 is 0. The number of hydrogen-bond acceptors (Lipinski definition) is 3. The van der Waals surface area contributed by atoms with E-state index in [4.69, 9.17) is 5.11 Å². The monoisotopic (exact) mass is 160 g/mol. The van der Waals surface area contributed by atoms with Crippen molar-refractivity contribution >= 4 is 5.91 Å². The van der Waals surface area contributed by atoms with Gasteiger partial charge >= 0.3 is 0 Å². The van der Waals surface area contributed by atoms with E-state index in [1.807, 2.05) is 19.0 Å². The third-order valence-corrected chi connectivity index (χ3v) is 1.28. The number of amides is 1. The Hall–Kier alpha value is -0.610. The van der Waals surface area contributed by atoms with Crippen molar-refractivity contribution in [2.45, 2.75) is 6.92 Å². The van der Waals surface area contributed by atoms with E-state index in [-0.39, 0.29) is 12.5 Å². The maximum atomic E-state index is 10.7. The van der Waals surface area contributed by atoms with Crippen LogP contribution in [-0.2, 0) is 4.79 Å². The molecule has 4 nitrogen and oxygen atoms in total. The molecule has 1 aliphatic rings. The fourth-order valence-electron chi connectivity index (χ4n) is 0.843.